The van der Waals surface area contributed by atoms with E-state index in [9.17, 15) is 4.79 Å². The molecule has 0 radical (unpaired) electrons. The van der Waals surface area contributed by atoms with Gasteiger partial charge in [-0.05, 0) is 44.6 Å². The molecular formula is C20H28N4O4. The minimum absolute atomic E-state index is 0.209. The molecule has 0 saturated carbocycles. The molecule has 28 heavy (non-hydrogen) atoms. The summed E-state index contributed by atoms with van der Waals surface area (Å²) < 4.78 is 11.1. The first-order valence-corrected chi connectivity index (χ1v) is 9.86. The highest BCUT2D eigenvalue weighted by Gasteiger charge is 2.23. The number of piperidine rings is 1. The Balaban J connectivity index is 1.37. The summed E-state index contributed by atoms with van der Waals surface area (Å²) in [6.45, 7) is 8.24. The lowest BCUT2D eigenvalue weighted by Crippen LogP contribution is -2.34. The molecule has 1 saturated heterocycles. The summed E-state index contributed by atoms with van der Waals surface area (Å²) >= 11 is 0. The van der Waals surface area contributed by atoms with Crippen LogP contribution in [0.5, 0.6) is 5.88 Å². The Kier molecular flexibility index (Phi) is 6.49. The number of hydrogen-bond donors (Lipinski definition) is 1. The molecule has 3 heterocycles. The second-order valence-corrected chi connectivity index (χ2v) is 7.60. The minimum Gasteiger partial charge on any atom is -0.478 e. The number of pyridine rings is 1. The topological polar surface area (TPSA) is 102 Å². The van der Waals surface area contributed by atoms with Crippen molar-refractivity contribution in [2.75, 3.05) is 24.6 Å². The Morgan fingerprint density at radius 2 is 2.07 bits per heavy atom. The highest BCUT2D eigenvalue weighted by Crippen LogP contribution is 2.26. The third kappa shape index (κ3) is 4.99. The number of carbonyl (C=O) groups is 1. The standard InChI is InChI=1S/C20H28N4O4/c1-13(2)18-22-20(28-23-18)24-10-8-15(9-11-24)5-4-12-27-17-7-6-16(19(25)26)14(3)21-17/h6-7,13,15H,4-5,8-12H2,1-3H3,(H,25,26). The van der Waals surface area contributed by atoms with Gasteiger partial charge in [-0.25, -0.2) is 9.78 Å². The molecule has 1 aliphatic rings. The first-order valence-electron chi connectivity index (χ1n) is 9.86. The predicted octanol–water partition coefficient (Wildman–Crippen LogP) is 3.67. The first kappa shape index (κ1) is 20.1. The maximum absolute atomic E-state index is 11.0. The molecule has 152 valence electrons. The fourth-order valence-electron chi connectivity index (χ4n) is 3.40. The molecule has 0 aromatic carbocycles. The van der Waals surface area contributed by atoms with Crippen molar-refractivity contribution < 1.29 is 19.2 Å². The Labute approximate surface area is 164 Å². The van der Waals surface area contributed by atoms with Gasteiger partial charge in [-0.3, -0.25) is 0 Å². The van der Waals surface area contributed by atoms with E-state index in [0.29, 0.717) is 30.1 Å². The van der Waals surface area contributed by atoms with Crippen LogP contribution in [0.4, 0.5) is 6.01 Å². The third-order valence-corrected chi connectivity index (χ3v) is 5.13. The Bertz CT molecular complexity index is 797. The second kappa shape index (κ2) is 9.03. The fraction of sp³-hybridized carbons (Fsp3) is 0.600. The van der Waals surface area contributed by atoms with E-state index >= 15 is 0 Å². The number of carboxylic acid groups (broad SMARTS) is 1. The van der Waals surface area contributed by atoms with E-state index in [1.807, 2.05) is 0 Å². The normalized spacial score (nSPS) is 15.2. The maximum atomic E-state index is 11.0. The SMILES string of the molecule is Cc1nc(OCCCC2CCN(c3nc(C(C)C)no3)CC2)ccc1C(=O)O. The Morgan fingerprint density at radius 1 is 1.32 bits per heavy atom. The Hall–Kier alpha value is -2.64. The van der Waals surface area contributed by atoms with Crippen LogP contribution >= 0.6 is 0 Å². The first-order chi connectivity index (χ1) is 13.4. The number of hydrogen-bond acceptors (Lipinski definition) is 7. The van der Waals surface area contributed by atoms with Gasteiger partial charge in [0.1, 0.15) is 0 Å². The van der Waals surface area contributed by atoms with E-state index in [2.05, 4.69) is 33.9 Å². The summed E-state index contributed by atoms with van der Waals surface area (Å²) in [6, 6.07) is 3.79. The van der Waals surface area contributed by atoms with Crippen LogP contribution in [0.25, 0.3) is 0 Å². The van der Waals surface area contributed by atoms with Gasteiger partial charge in [0.2, 0.25) is 5.88 Å². The summed E-state index contributed by atoms with van der Waals surface area (Å²) in [6.07, 6.45) is 4.25. The number of aryl methyl sites for hydroxylation is 1. The van der Waals surface area contributed by atoms with Gasteiger partial charge in [0.25, 0.3) is 0 Å². The molecule has 8 nitrogen and oxygen atoms in total. The van der Waals surface area contributed by atoms with Crippen LogP contribution in [0.15, 0.2) is 16.7 Å². The molecule has 8 heteroatoms. The van der Waals surface area contributed by atoms with Gasteiger partial charge < -0.3 is 19.3 Å². The van der Waals surface area contributed by atoms with Crippen molar-refractivity contribution in [2.24, 2.45) is 5.92 Å². The summed E-state index contributed by atoms with van der Waals surface area (Å²) in [5.74, 6) is 1.21. The third-order valence-electron chi connectivity index (χ3n) is 5.13. The van der Waals surface area contributed by atoms with Gasteiger partial charge >= 0.3 is 12.0 Å². The minimum atomic E-state index is -0.969. The number of ether oxygens (including phenoxy) is 1. The highest BCUT2D eigenvalue weighted by atomic mass is 16.5. The van der Waals surface area contributed by atoms with Crippen molar-refractivity contribution in [1.82, 2.24) is 15.1 Å². The molecule has 0 spiro atoms. The van der Waals surface area contributed by atoms with E-state index in [4.69, 9.17) is 14.4 Å². The molecule has 3 rings (SSSR count). The average molecular weight is 388 g/mol. The molecule has 2 aromatic rings. The summed E-state index contributed by atoms with van der Waals surface area (Å²) in [4.78, 5) is 21.9. The number of rotatable bonds is 8. The quantitative estimate of drug-likeness (QED) is 0.684. The van der Waals surface area contributed by atoms with Gasteiger partial charge in [-0.1, -0.05) is 19.0 Å². The van der Waals surface area contributed by atoms with Crippen molar-refractivity contribution >= 4 is 12.0 Å². The van der Waals surface area contributed by atoms with Crippen molar-refractivity contribution in [3.8, 4) is 5.88 Å². The van der Waals surface area contributed by atoms with Gasteiger partial charge in [0.15, 0.2) is 5.82 Å². The van der Waals surface area contributed by atoms with E-state index in [1.165, 1.54) is 6.07 Å². The predicted molar refractivity (Wildman–Crippen MR) is 104 cm³/mol. The van der Waals surface area contributed by atoms with Crippen LogP contribution in [0.1, 0.15) is 67.3 Å². The van der Waals surface area contributed by atoms with Gasteiger partial charge in [-0.2, -0.15) is 4.98 Å². The van der Waals surface area contributed by atoms with Crippen molar-refractivity contribution in [3.05, 3.63) is 29.2 Å². The molecule has 1 N–H and O–H groups in total. The zero-order chi connectivity index (χ0) is 20.1. The number of aromatic carboxylic acids is 1. The van der Waals surface area contributed by atoms with Crippen LogP contribution in [0, 0.1) is 12.8 Å². The number of nitrogens with zero attached hydrogens (tertiary/aromatic N) is 4. The highest BCUT2D eigenvalue weighted by molar-refractivity contribution is 5.88. The smallest absolute Gasteiger partial charge is 0.337 e. The summed E-state index contributed by atoms with van der Waals surface area (Å²) in [5, 5.41) is 13.1. The van der Waals surface area contributed by atoms with Crippen LogP contribution in [0.2, 0.25) is 0 Å². The summed E-state index contributed by atoms with van der Waals surface area (Å²) in [5.41, 5.74) is 0.680. The second-order valence-electron chi connectivity index (χ2n) is 7.60. The zero-order valence-electron chi connectivity index (χ0n) is 16.7. The molecule has 0 bridgehead atoms. The number of anilines is 1. The van der Waals surface area contributed by atoms with E-state index < -0.39 is 5.97 Å². The van der Waals surface area contributed by atoms with Crippen LogP contribution < -0.4 is 9.64 Å². The van der Waals surface area contributed by atoms with Gasteiger partial charge in [-0.15, -0.1) is 0 Å². The zero-order valence-corrected chi connectivity index (χ0v) is 16.7. The van der Waals surface area contributed by atoms with E-state index in [0.717, 1.165) is 44.6 Å². The molecule has 0 atom stereocenters. The molecule has 1 fully saturated rings. The largest absolute Gasteiger partial charge is 0.478 e. The maximum Gasteiger partial charge on any atom is 0.337 e. The molecular weight excluding hydrogens is 360 g/mol. The lowest BCUT2D eigenvalue weighted by molar-refractivity contribution is 0.0695. The van der Waals surface area contributed by atoms with Crippen LogP contribution in [-0.4, -0.2) is 45.9 Å². The lowest BCUT2D eigenvalue weighted by Gasteiger charge is -2.30. The van der Waals surface area contributed by atoms with Crippen LogP contribution in [0.3, 0.4) is 0 Å². The fourth-order valence-corrected chi connectivity index (χ4v) is 3.40. The molecule has 2 aromatic heterocycles. The van der Waals surface area contributed by atoms with Crippen LogP contribution in [-0.2, 0) is 0 Å². The number of carboxylic acids is 1. The van der Waals surface area contributed by atoms with Gasteiger partial charge in [0.05, 0.1) is 17.9 Å². The van der Waals surface area contributed by atoms with Crippen molar-refractivity contribution in [3.63, 3.8) is 0 Å². The van der Waals surface area contributed by atoms with Crippen molar-refractivity contribution in [2.45, 2.75) is 52.4 Å². The van der Waals surface area contributed by atoms with E-state index in [-0.39, 0.29) is 11.5 Å². The summed E-state index contributed by atoms with van der Waals surface area (Å²) in [7, 11) is 0. The molecule has 0 unspecified atom stereocenters. The average Bonchev–Trinajstić information content (AvgIpc) is 3.16. The molecule has 0 aliphatic carbocycles. The van der Waals surface area contributed by atoms with Gasteiger partial charge in [0, 0.05) is 25.1 Å². The van der Waals surface area contributed by atoms with Crippen molar-refractivity contribution in [1.29, 1.82) is 0 Å². The van der Waals surface area contributed by atoms with E-state index in [1.54, 1.807) is 13.0 Å². The monoisotopic (exact) mass is 388 g/mol. The molecule has 0 amide bonds. The molecule has 1 aliphatic heterocycles. The Morgan fingerprint density at radius 3 is 2.68 bits per heavy atom. The lowest BCUT2D eigenvalue weighted by atomic mass is 9.92. The number of aromatic nitrogens is 3.